The molecule has 0 amide bonds. The first-order chi connectivity index (χ1) is 7.22. The van der Waals surface area contributed by atoms with Crippen molar-refractivity contribution in [2.24, 2.45) is 0 Å². The summed E-state index contributed by atoms with van der Waals surface area (Å²) in [4.78, 5) is 0. The van der Waals surface area contributed by atoms with Gasteiger partial charge in [-0.25, -0.2) is 0 Å². The Balaban J connectivity index is 2.27. The van der Waals surface area contributed by atoms with Crippen LogP contribution in [-0.4, -0.2) is 17.8 Å². The molecule has 3 heteroatoms. The number of hydrogen-bond donors (Lipinski definition) is 2. The second-order valence-electron chi connectivity index (χ2n) is 3.77. The highest BCUT2D eigenvalue weighted by atomic mass is 35.5. The van der Waals surface area contributed by atoms with Gasteiger partial charge in [-0.05, 0) is 37.5 Å². The summed E-state index contributed by atoms with van der Waals surface area (Å²) in [5, 5.41) is 12.9. The molecule has 2 nitrogen and oxygen atoms in total. The fourth-order valence-electron chi connectivity index (χ4n) is 1.39. The van der Waals surface area contributed by atoms with Gasteiger partial charge in [0.15, 0.2) is 0 Å². The van der Waals surface area contributed by atoms with E-state index in [1.54, 1.807) is 0 Å². The largest absolute Gasteiger partial charge is 0.396 e. The minimum atomic E-state index is 0.271. The van der Waals surface area contributed by atoms with Gasteiger partial charge in [0, 0.05) is 24.2 Å². The molecule has 0 unspecified atom stereocenters. The van der Waals surface area contributed by atoms with Gasteiger partial charge in [-0.1, -0.05) is 23.7 Å². The van der Waals surface area contributed by atoms with Crippen LogP contribution in [0.2, 0.25) is 5.02 Å². The van der Waals surface area contributed by atoms with E-state index in [0.29, 0.717) is 6.04 Å². The Morgan fingerprint density at radius 2 is 2.00 bits per heavy atom. The summed E-state index contributed by atoms with van der Waals surface area (Å²) in [5.41, 5.74) is 1.23. The average Bonchev–Trinajstić information content (AvgIpc) is 2.25. The van der Waals surface area contributed by atoms with Crippen molar-refractivity contribution in [2.45, 2.75) is 32.4 Å². The van der Waals surface area contributed by atoms with Crippen LogP contribution < -0.4 is 5.32 Å². The molecular weight excluding hydrogens is 210 g/mol. The molecule has 84 valence electrons. The SMILES string of the molecule is C[C@@H](CCCO)NCc1ccc(Cl)cc1. The van der Waals surface area contributed by atoms with Crippen molar-refractivity contribution in [2.75, 3.05) is 6.61 Å². The van der Waals surface area contributed by atoms with E-state index in [-0.39, 0.29) is 6.61 Å². The summed E-state index contributed by atoms with van der Waals surface area (Å²) < 4.78 is 0. The molecule has 0 saturated carbocycles. The molecule has 0 heterocycles. The molecule has 15 heavy (non-hydrogen) atoms. The molecule has 0 aliphatic heterocycles. The highest BCUT2D eigenvalue weighted by Crippen LogP contribution is 2.09. The number of rotatable bonds is 6. The third kappa shape index (κ3) is 5.17. The smallest absolute Gasteiger partial charge is 0.0431 e. The Morgan fingerprint density at radius 1 is 1.33 bits per heavy atom. The lowest BCUT2D eigenvalue weighted by Gasteiger charge is -2.12. The summed E-state index contributed by atoms with van der Waals surface area (Å²) in [6, 6.07) is 8.28. The zero-order valence-electron chi connectivity index (χ0n) is 9.04. The topological polar surface area (TPSA) is 32.3 Å². The van der Waals surface area contributed by atoms with Crippen LogP contribution in [-0.2, 0) is 6.54 Å². The number of hydrogen-bond acceptors (Lipinski definition) is 2. The molecule has 0 bridgehead atoms. The Kier molecular flexibility index (Phi) is 5.69. The molecule has 0 aliphatic rings. The molecule has 1 atom stereocenters. The lowest BCUT2D eigenvalue weighted by Crippen LogP contribution is -2.25. The van der Waals surface area contributed by atoms with E-state index in [4.69, 9.17) is 16.7 Å². The lowest BCUT2D eigenvalue weighted by molar-refractivity contribution is 0.276. The highest BCUT2D eigenvalue weighted by molar-refractivity contribution is 6.30. The number of aliphatic hydroxyl groups excluding tert-OH is 1. The summed E-state index contributed by atoms with van der Waals surface area (Å²) in [6.07, 6.45) is 1.86. The second-order valence-corrected chi connectivity index (χ2v) is 4.21. The van der Waals surface area contributed by atoms with Gasteiger partial charge in [-0.2, -0.15) is 0 Å². The highest BCUT2D eigenvalue weighted by Gasteiger charge is 2.00. The Bertz CT molecular complexity index is 273. The summed E-state index contributed by atoms with van der Waals surface area (Å²) in [7, 11) is 0. The molecule has 0 spiro atoms. The van der Waals surface area contributed by atoms with E-state index in [2.05, 4.69) is 12.2 Å². The van der Waals surface area contributed by atoms with Gasteiger partial charge in [0.1, 0.15) is 0 Å². The van der Waals surface area contributed by atoms with Crippen molar-refractivity contribution in [3.8, 4) is 0 Å². The molecule has 1 rings (SSSR count). The zero-order valence-corrected chi connectivity index (χ0v) is 9.80. The first-order valence-electron chi connectivity index (χ1n) is 5.31. The first kappa shape index (κ1) is 12.5. The lowest BCUT2D eigenvalue weighted by atomic mass is 10.1. The fraction of sp³-hybridized carbons (Fsp3) is 0.500. The molecular formula is C12H18ClNO. The third-order valence-electron chi connectivity index (χ3n) is 2.36. The van der Waals surface area contributed by atoms with Crippen LogP contribution in [0.15, 0.2) is 24.3 Å². The van der Waals surface area contributed by atoms with E-state index in [1.165, 1.54) is 5.56 Å². The molecule has 0 aliphatic carbocycles. The van der Waals surface area contributed by atoms with Gasteiger partial charge < -0.3 is 10.4 Å². The maximum Gasteiger partial charge on any atom is 0.0431 e. The summed E-state index contributed by atoms with van der Waals surface area (Å²) >= 11 is 5.79. The zero-order chi connectivity index (χ0) is 11.1. The van der Waals surface area contributed by atoms with Crippen molar-refractivity contribution < 1.29 is 5.11 Å². The molecule has 0 fully saturated rings. The van der Waals surface area contributed by atoms with Crippen molar-refractivity contribution in [3.63, 3.8) is 0 Å². The third-order valence-corrected chi connectivity index (χ3v) is 2.62. The van der Waals surface area contributed by atoms with Gasteiger partial charge in [-0.15, -0.1) is 0 Å². The Labute approximate surface area is 96.3 Å². The van der Waals surface area contributed by atoms with Crippen LogP contribution in [0.1, 0.15) is 25.3 Å². The number of nitrogens with one attached hydrogen (secondary N) is 1. The van der Waals surface area contributed by atoms with Gasteiger partial charge in [0.25, 0.3) is 0 Å². The van der Waals surface area contributed by atoms with Gasteiger partial charge >= 0.3 is 0 Å². The maximum absolute atomic E-state index is 8.69. The Hall–Kier alpha value is -0.570. The maximum atomic E-state index is 8.69. The molecule has 0 saturated heterocycles. The van der Waals surface area contributed by atoms with Crippen molar-refractivity contribution in [1.82, 2.24) is 5.32 Å². The normalized spacial score (nSPS) is 12.7. The van der Waals surface area contributed by atoms with E-state index < -0.39 is 0 Å². The molecule has 1 aromatic rings. The van der Waals surface area contributed by atoms with Crippen molar-refractivity contribution in [1.29, 1.82) is 0 Å². The molecule has 2 N–H and O–H groups in total. The van der Waals surface area contributed by atoms with E-state index in [9.17, 15) is 0 Å². The standard InChI is InChI=1S/C12H18ClNO/c1-10(3-2-8-15)14-9-11-4-6-12(13)7-5-11/h4-7,10,14-15H,2-3,8-9H2,1H3/t10-/m0/s1. The van der Waals surface area contributed by atoms with Crippen LogP contribution in [0.4, 0.5) is 0 Å². The second kappa shape index (κ2) is 6.83. The van der Waals surface area contributed by atoms with Gasteiger partial charge in [0.2, 0.25) is 0 Å². The summed E-state index contributed by atoms with van der Waals surface area (Å²) in [5.74, 6) is 0. The van der Waals surface area contributed by atoms with Crippen LogP contribution in [0.5, 0.6) is 0 Å². The first-order valence-corrected chi connectivity index (χ1v) is 5.69. The monoisotopic (exact) mass is 227 g/mol. The average molecular weight is 228 g/mol. The Morgan fingerprint density at radius 3 is 2.60 bits per heavy atom. The minimum Gasteiger partial charge on any atom is -0.396 e. The molecule has 0 radical (unpaired) electrons. The van der Waals surface area contributed by atoms with Gasteiger partial charge in [0.05, 0.1) is 0 Å². The van der Waals surface area contributed by atoms with Crippen molar-refractivity contribution in [3.05, 3.63) is 34.9 Å². The summed E-state index contributed by atoms with van der Waals surface area (Å²) in [6.45, 7) is 3.25. The molecule has 1 aromatic carbocycles. The number of aliphatic hydroxyl groups is 1. The van der Waals surface area contributed by atoms with Crippen LogP contribution >= 0.6 is 11.6 Å². The van der Waals surface area contributed by atoms with Crippen molar-refractivity contribution >= 4 is 11.6 Å². The van der Waals surface area contributed by atoms with Gasteiger partial charge in [-0.3, -0.25) is 0 Å². The van der Waals surface area contributed by atoms with Crippen LogP contribution in [0.3, 0.4) is 0 Å². The van der Waals surface area contributed by atoms with Crippen LogP contribution in [0, 0.1) is 0 Å². The predicted octanol–water partition coefficient (Wildman–Crippen LogP) is 2.59. The van der Waals surface area contributed by atoms with E-state index in [0.717, 1.165) is 24.4 Å². The number of benzene rings is 1. The predicted molar refractivity (Wildman–Crippen MR) is 64.1 cm³/mol. The minimum absolute atomic E-state index is 0.271. The van der Waals surface area contributed by atoms with Crippen LogP contribution in [0.25, 0.3) is 0 Å². The number of halogens is 1. The van der Waals surface area contributed by atoms with E-state index in [1.807, 2.05) is 24.3 Å². The quantitative estimate of drug-likeness (QED) is 0.783. The molecule has 0 aromatic heterocycles. The van der Waals surface area contributed by atoms with E-state index >= 15 is 0 Å². The fourth-order valence-corrected chi connectivity index (χ4v) is 1.52.